The molecule has 1 aliphatic rings. The summed E-state index contributed by atoms with van der Waals surface area (Å²) >= 11 is 0. The molecule has 0 heterocycles. The number of ether oxygens (including phenoxy) is 1. The highest BCUT2D eigenvalue weighted by molar-refractivity contribution is 5.32. The molecule has 1 aromatic rings. The van der Waals surface area contributed by atoms with E-state index in [1.807, 2.05) is 6.07 Å². The Kier molecular flexibility index (Phi) is 3.83. The van der Waals surface area contributed by atoms with E-state index in [-0.39, 0.29) is 0 Å². The van der Waals surface area contributed by atoms with Gasteiger partial charge in [-0.2, -0.15) is 0 Å². The van der Waals surface area contributed by atoms with Crippen LogP contribution in [-0.2, 0) is 0 Å². The first-order chi connectivity index (χ1) is 7.79. The molecule has 1 aromatic carbocycles. The third-order valence-electron chi connectivity index (χ3n) is 3.26. The van der Waals surface area contributed by atoms with Gasteiger partial charge in [0.05, 0.1) is 0 Å². The smallest absolute Gasteiger partial charge is 0.122 e. The molecule has 2 unspecified atom stereocenters. The summed E-state index contributed by atoms with van der Waals surface area (Å²) in [4.78, 5) is 0. The van der Waals surface area contributed by atoms with E-state index in [1.165, 1.54) is 18.4 Å². The van der Waals surface area contributed by atoms with Crippen LogP contribution in [0.1, 0.15) is 31.7 Å². The van der Waals surface area contributed by atoms with Crippen molar-refractivity contribution in [3.8, 4) is 5.75 Å². The van der Waals surface area contributed by atoms with E-state index in [0.29, 0.717) is 12.1 Å². The van der Waals surface area contributed by atoms with Gasteiger partial charge in [-0.05, 0) is 44.4 Å². The second-order valence-electron chi connectivity index (χ2n) is 4.57. The molecule has 2 heteroatoms. The van der Waals surface area contributed by atoms with Gasteiger partial charge in [0.2, 0.25) is 0 Å². The molecule has 0 aromatic heterocycles. The number of benzene rings is 1. The molecule has 16 heavy (non-hydrogen) atoms. The van der Waals surface area contributed by atoms with Crippen LogP contribution in [-0.4, -0.2) is 18.7 Å². The zero-order chi connectivity index (χ0) is 11.4. The minimum absolute atomic E-state index is 0.394. The van der Waals surface area contributed by atoms with Gasteiger partial charge in [-0.15, -0.1) is 0 Å². The van der Waals surface area contributed by atoms with Crippen LogP contribution in [0.5, 0.6) is 5.75 Å². The zero-order valence-corrected chi connectivity index (χ0v) is 10.2. The molecule has 0 amide bonds. The van der Waals surface area contributed by atoms with Gasteiger partial charge in [-0.3, -0.25) is 0 Å². The number of hydrogen-bond acceptors (Lipinski definition) is 2. The number of aryl methyl sites for hydroxylation is 1. The summed E-state index contributed by atoms with van der Waals surface area (Å²) in [5.74, 6) is 1.05. The summed E-state index contributed by atoms with van der Waals surface area (Å²) in [6.07, 6.45) is 3.95. The number of nitrogens with one attached hydrogen (secondary N) is 1. The van der Waals surface area contributed by atoms with Crippen molar-refractivity contribution < 1.29 is 4.74 Å². The fourth-order valence-corrected chi connectivity index (χ4v) is 2.39. The Bertz CT molecular complexity index is 337. The van der Waals surface area contributed by atoms with Crippen LogP contribution >= 0.6 is 0 Å². The molecule has 2 nitrogen and oxygen atoms in total. The van der Waals surface area contributed by atoms with Crippen LogP contribution in [0.3, 0.4) is 0 Å². The van der Waals surface area contributed by atoms with Crippen molar-refractivity contribution in [3.05, 3.63) is 29.8 Å². The summed E-state index contributed by atoms with van der Waals surface area (Å²) in [6.45, 7) is 5.32. The number of hydrogen-bond donors (Lipinski definition) is 1. The Balaban J connectivity index is 1.90. The quantitative estimate of drug-likeness (QED) is 0.840. The van der Waals surface area contributed by atoms with Crippen LogP contribution in [0.2, 0.25) is 0 Å². The zero-order valence-electron chi connectivity index (χ0n) is 10.2. The van der Waals surface area contributed by atoms with Crippen LogP contribution in [0.25, 0.3) is 0 Å². The lowest BCUT2D eigenvalue weighted by atomic mass is 10.2. The minimum Gasteiger partial charge on any atom is -0.490 e. The Labute approximate surface area is 98.0 Å². The molecule has 0 spiro atoms. The molecule has 1 N–H and O–H groups in total. The van der Waals surface area contributed by atoms with Crippen LogP contribution in [0, 0.1) is 6.92 Å². The maximum absolute atomic E-state index is 6.04. The van der Waals surface area contributed by atoms with Gasteiger partial charge in [0.25, 0.3) is 0 Å². The molecule has 0 radical (unpaired) electrons. The first-order valence-electron chi connectivity index (χ1n) is 6.25. The highest BCUT2D eigenvalue weighted by Crippen LogP contribution is 2.26. The predicted molar refractivity (Wildman–Crippen MR) is 66.9 cm³/mol. The number of para-hydroxylation sites is 1. The van der Waals surface area contributed by atoms with Gasteiger partial charge in [0, 0.05) is 6.04 Å². The maximum Gasteiger partial charge on any atom is 0.122 e. The normalized spacial score (nSPS) is 24.6. The maximum atomic E-state index is 6.04. The molecule has 1 saturated carbocycles. The Morgan fingerprint density at radius 2 is 2.12 bits per heavy atom. The van der Waals surface area contributed by atoms with E-state index < -0.39 is 0 Å². The van der Waals surface area contributed by atoms with Crippen molar-refractivity contribution in [1.29, 1.82) is 0 Å². The van der Waals surface area contributed by atoms with Gasteiger partial charge < -0.3 is 10.1 Å². The van der Waals surface area contributed by atoms with E-state index >= 15 is 0 Å². The van der Waals surface area contributed by atoms with Crippen LogP contribution < -0.4 is 10.1 Å². The summed E-state index contributed by atoms with van der Waals surface area (Å²) in [5.41, 5.74) is 1.23. The van der Waals surface area contributed by atoms with E-state index in [9.17, 15) is 0 Å². The summed E-state index contributed by atoms with van der Waals surface area (Å²) in [5, 5.41) is 3.49. The molecule has 2 rings (SSSR count). The molecule has 2 atom stereocenters. The van der Waals surface area contributed by atoms with Crippen LogP contribution in [0.4, 0.5) is 0 Å². The predicted octanol–water partition coefficient (Wildman–Crippen LogP) is 2.90. The molecular formula is C14H21NO. The lowest BCUT2D eigenvalue weighted by Crippen LogP contribution is -2.27. The van der Waals surface area contributed by atoms with E-state index in [2.05, 4.69) is 37.4 Å². The van der Waals surface area contributed by atoms with Gasteiger partial charge in [-0.1, -0.05) is 25.1 Å². The van der Waals surface area contributed by atoms with Gasteiger partial charge in [0.15, 0.2) is 0 Å². The van der Waals surface area contributed by atoms with Crippen molar-refractivity contribution in [1.82, 2.24) is 5.32 Å². The lowest BCUT2D eigenvalue weighted by Gasteiger charge is -2.16. The highest BCUT2D eigenvalue weighted by atomic mass is 16.5. The third-order valence-corrected chi connectivity index (χ3v) is 3.26. The minimum atomic E-state index is 0.394. The fourth-order valence-electron chi connectivity index (χ4n) is 2.39. The Morgan fingerprint density at radius 1 is 1.31 bits per heavy atom. The van der Waals surface area contributed by atoms with Crippen molar-refractivity contribution in [3.63, 3.8) is 0 Å². The summed E-state index contributed by atoms with van der Waals surface area (Å²) < 4.78 is 6.04. The molecule has 1 fully saturated rings. The van der Waals surface area contributed by atoms with Crippen molar-refractivity contribution in [2.45, 2.75) is 45.3 Å². The summed E-state index contributed by atoms with van der Waals surface area (Å²) in [6, 6.07) is 8.92. The topological polar surface area (TPSA) is 21.3 Å². The van der Waals surface area contributed by atoms with E-state index in [1.54, 1.807) is 0 Å². The molecule has 88 valence electrons. The van der Waals surface area contributed by atoms with E-state index in [4.69, 9.17) is 4.74 Å². The summed E-state index contributed by atoms with van der Waals surface area (Å²) in [7, 11) is 0. The third kappa shape index (κ3) is 2.76. The SMILES string of the molecule is CCNC1CCC(Oc2ccccc2C)C1. The van der Waals surface area contributed by atoms with Gasteiger partial charge >= 0.3 is 0 Å². The lowest BCUT2D eigenvalue weighted by molar-refractivity contribution is 0.205. The van der Waals surface area contributed by atoms with Crippen molar-refractivity contribution in [2.24, 2.45) is 0 Å². The Hall–Kier alpha value is -1.02. The Morgan fingerprint density at radius 3 is 2.88 bits per heavy atom. The first-order valence-corrected chi connectivity index (χ1v) is 6.25. The average molecular weight is 219 g/mol. The molecule has 0 bridgehead atoms. The van der Waals surface area contributed by atoms with Crippen LogP contribution in [0.15, 0.2) is 24.3 Å². The fraction of sp³-hybridized carbons (Fsp3) is 0.571. The van der Waals surface area contributed by atoms with E-state index in [0.717, 1.165) is 18.7 Å². The monoisotopic (exact) mass is 219 g/mol. The van der Waals surface area contributed by atoms with Gasteiger partial charge in [0.1, 0.15) is 11.9 Å². The average Bonchev–Trinajstić information content (AvgIpc) is 2.70. The largest absolute Gasteiger partial charge is 0.490 e. The highest BCUT2D eigenvalue weighted by Gasteiger charge is 2.25. The second-order valence-corrected chi connectivity index (χ2v) is 4.57. The number of rotatable bonds is 4. The van der Waals surface area contributed by atoms with Crippen molar-refractivity contribution in [2.75, 3.05) is 6.54 Å². The molecule has 0 saturated heterocycles. The second kappa shape index (κ2) is 5.35. The molecule has 0 aliphatic heterocycles. The van der Waals surface area contributed by atoms with Gasteiger partial charge in [-0.25, -0.2) is 0 Å². The first kappa shape index (κ1) is 11.5. The standard InChI is InChI=1S/C14H21NO/c1-3-15-12-8-9-13(10-12)16-14-7-5-4-6-11(14)2/h4-7,12-13,15H,3,8-10H2,1-2H3. The molecular weight excluding hydrogens is 198 g/mol. The van der Waals surface area contributed by atoms with Crippen molar-refractivity contribution >= 4 is 0 Å². The molecule has 1 aliphatic carbocycles.